The van der Waals surface area contributed by atoms with Crippen LogP contribution in [0.4, 0.5) is 5.69 Å². The number of methoxy groups -OCH3 is 1. The molecule has 0 saturated heterocycles. The molecule has 1 amide bonds. The number of hydrogen-bond donors (Lipinski definition) is 0. The summed E-state index contributed by atoms with van der Waals surface area (Å²) in [6.07, 6.45) is 0.421. The van der Waals surface area contributed by atoms with Gasteiger partial charge < -0.3 is 4.74 Å². The predicted molar refractivity (Wildman–Crippen MR) is 105 cm³/mol. The second-order valence-electron chi connectivity index (χ2n) is 6.15. The van der Waals surface area contributed by atoms with E-state index < -0.39 is 5.97 Å². The Balaban J connectivity index is 3.05. The lowest BCUT2D eigenvalue weighted by Crippen LogP contribution is -2.38. The summed E-state index contributed by atoms with van der Waals surface area (Å²) in [5, 5.41) is -0.0240. The molecule has 0 fully saturated rings. The van der Waals surface area contributed by atoms with E-state index >= 15 is 0 Å². The van der Waals surface area contributed by atoms with Crippen LogP contribution in [0.15, 0.2) is 16.6 Å². The van der Waals surface area contributed by atoms with Crippen molar-refractivity contribution in [3.05, 3.63) is 27.7 Å². The zero-order valence-corrected chi connectivity index (χ0v) is 17.6. The average Bonchev–Trinajstić information content (AvgIpc) is 2.54. The molecule has 0 aromatic heterocycles. The first-order valence-corrected chi connectivity index (χ1v) is 9.73. The standard InChI is InChI=1S/C18H24BrNO4S/c1-11(2)8-17(23)25-10-15(21)20(9-16(22)24-5)18-12(3)6-7-14(19)13(18)4/h6-7,11H,8-10H2,1-5H3. The number of esters is 1. The molecule has 0 saturated carbocycles. The molecular formula is C18H24BrNO4S. The van der Waals surface area contributed by atoms with Crippen LogP contribution in [-0.2, 0) is 19.1 Å². The molecule has 25 heavy (non-hydrogen) atoms. The monoisotopic (exact) mass is 429 g/mol. The maximum atomic E-state index is 12.7. The van der Waals surface area contributed by atoms with Crippen LogP contribution in [0.2, 0.25) is 0 Å². The fraction of sp³-hybridized carbons (Fsp3) is 0.500. The number of anilines is 1. The summed E-state index contributed by atoms with van der Waals surface area (Å²) in [7, 11) is 1.28. The van der Waals surface area contributed by atoms with Gasteiger partial charge in [0.25, 0.3) is 0 Å². The lowest BCUT2D eigenvalue weighted by atomic mass is 10.1. The zero-order valence-electron chi connectivity index (χ0n) is 15.2. The van der Waals surface area contributed by atoms with E-state index in [1.807, 2.05) is 39.8 Å². The Morgan fingerprint density at radius 1 is 1.24 bits per heavy atom. The summed E-state index contributed by atoms with van der Waals surface area (Å²) in [6, 6.07) is 3.77. The van der Waals surface area contributed by atoms with Crippen LogP contribution in [-0.4, -0.2) is 36.4 Å². The van der Waals surface area contributed by atoms with Crippen molar-refractivity contribution in [1.82, 2.24) is 0 Å². The van der Waals surface area contributed by atoms with Crippen molar-refractivity contribution >= 4 is 50.4 Å². The fourth-order valence-corrected chi connectivity index (χ4v) is 3.54. The highest BCUT2D eigenvalue weighted by Crippen LogP contribution is 2.31. The zero-order chi connectivity index (χ0) is 19.1. The molecule has 0 aliphatic carbocycles. The van der Waals surface area contributed by atoms with Gasteiger partial charge in [0.15, 0.2) is 5.12 Å². The summed E-state index contributed by atoms with van der Waals surface area (Å²) in [5.41, 5.74) is 2.40. The summed E-state index contributed by atoms with van der Waals surface area (Å²) < 4.78 is 5.57. The van der Waals surface area contributed by atoms with Gasteiger partial charge in [-0.1, -0.05) is 47.6 Å². The highest BCUT2D eigenvalue weighted by atomic mass is 79.9. The number of benzene rings is 1. The van der Waals surface area contributed by atoms with E-state index in [0.717, 1.165) is 27.4 Å². The third-order valence-corrected chi connectivity index (χ3v) is 5.32. The molecule has 0 N–H and O–H groups in total. The lowest BCUT2D eigenvalue weighted by Gasteiger charge is -2.25. The molecule has 1 rings (SSSR count). The highest BCUT2D eigenvalue weighted by molar-refractivity contribution is 9.10. The minimum absolute atomic E-state index is 0.00601. The van der Waals surface area contributed by atoms with E-state index in [1.165, 1.54) is 12.0 Å². The Morgan fingerprint density at radius 2 is 1.88 bits per heavy atom. The van der Waals surface area contributed by atoms with E-state index in [2.05, 4.69) is 15.9 Å². The topological polar surface area (TPSA) is 63.7 Å². The molecule has 1 aromatic rings. The van der Waals surface area contributed by atoms with Crippen molar-refractivity contribution in [3.8, 4) is 0 Å². The third-order valence-electron chi connectivity index (χ3n) is 3.58. The summed E-state index contributed by atoms with van der Waals surface area (Å²) in [5.74, 6) is -0.563. The van der Waals surface area contributed by atoms with Crippen LogP contribution >= 0.6 is 27.7 Å². The summed E-state index contributed by atoms with van der Waals surface area (Å²) in [6.45, 7) is 7.48. The van der Waals surface area contributed by atoms with Gasteiger partial charge in [0.05, 0.1) is 18.6 Å². The molecule has 138 valence electrons. The van der Waals surface area contributed by atoms with Crippen LogP contribution < -0.4 is 4.90 Å². The second kappa shape index (κ2) is 9.97. The Labute approximate surface area is 161 Å². The maximum absolute atomic E-state index is 12.7. The van der Waals surface area contributed by atoms with Crippen molar-refractivity contribution in [2.75, 3.05) is 24.3 Å². The van der Waals surface area contributed by atoms with Crippen molar-refractivity contribution < 1.29 is 19.1 Å². The normalized spacial score (nSPS) is 10.7. The smallest absolute Gasteiger partial charge is 0.325 e. The van der Waals surface area contributed by atoms with Crippen LogP contribution in [0, 0.1) is 19.8 Å². The number of carbonyl (C=O) groups excluding carboxylic acids is 3. The molecule has 0 aliphatic rings. The van der Waals surface area contributed by atoms with E-state index in [4.69, 9.17) is 4.74 Å². The number of rotatable bonds is 7. The molecule has 7 heteroatoms. The molecule has 0 heterocycles. The van der Waals surface area contributed by atoms with Crippen LogP contribution in [0.5, 0.6) is 0 Å². The molecule has 0 radical (unpaired) electrons. The fourth-order valence-electron chi connectivity index (χ4n) is 2.32. The van der Waals surface area contributed by atoms with Crippen molar-refractivity contribution in [3.63, 3.8) is 0 Å². The number of carbonyl (C=O) groups is 3. The largest absolute Gasteiger partial charge is 0.468 e. The summed E-state index contributed by atoms with van der Waals surface area (Å²) >= 11 is 4.45. The Hall–Kier alpha value is -1.34. The quantitative estimate of drug-likeness (QED) is 0.615. The number of thioether (sulfide) groups is 1. The van der Waals surface area contributed by atoms with Gasteiger partial charge in [-0.25, -0.2) is 0 Å². The van der Waals surface area contributed by atoms with Crippen LogP contribution in [0.1, 0.15) is 31.4 Å². The minimum atomic E-state index is -0.509. The van der Waals surface area contributed by atoms with E-state index in [-0.39, 0.29) is 29.2 Å². The molecule has 0 bridgehead atoms. The molecule has 0 aliphatic heterocycles. The lowest BCUT2D eigenvalue weighted by molar-refractivity contribution is -0.139. The molecule has 0 spiro atoms. The van der Waals surface area contributed by atoms with Gasteiger partial charge in [0.2, 0.25) is 5.91 Å². The van der Waals surface area contributed by atoms with E-state index in [9.17, 15) is 14.4 Å². The number of nitrogens with zero attached hydrogens (tertiary/aromatic N) is 1. The van der Waals surface area contributed by atoms with E-state index in [0.29, 0.717) is 12.1 Å². The van der Waals surface area contributed by atoms with Crippen molar-refractivity contribution in [2.24, 2.45) is 5.92 Å². The number of aryl methyl sites for hydroxylation is 1. The van der Waals surface area contributed by atoms with E-state index in [1.54, 1.807) is 0 Å². The first kappa shape index (κ1) is 21.7. The Kier molecular flexibility index (Phi) is 8.65. The number of amides is 1. The van der Waals surface area contributed by atoms with Gasteiger partial charge in [-0.2, -0.15) is 0 Å². The van der Waals surface area contributed by atoms with Crippen molar-refractivity contribution in [1.29, 1.82) is 0 Å². The number of halogens is 1. The Morgan fingerprint density at radius 3 is 2.44 bits per heavy atom. The molecular weight excluding hydrogens is 406 g/mol. The van der Waals surface area contributed by atoms with Gasteiger partial charge >= 0.3 is 5.97 Å². The highest BCUT2D eigenvalue weighted by Gasteiger charge is 2.24. The average molecular weight is 430 g/mol. The summed E-state index contributed by atoms with van der Waals surface area (Å²) in [4.78, 5) is 37.8. The van der Waals surface area contributed by atoms with Gasteiger partial charge in [-0.15, -0.1) is 0 Å². The minimum Gasteiger partial charge on any atom is -0.468 e. The number of ether oxygens (including phenoxy) is 1. The SMILES string of the molecule is COC(=O)CN(C(=O)CSC(=O)CC(C)C)c1c(C)ccc(Br)c1C. The second-order valence-corrected chi connectivity index (χ2v) is 8.04. The van der Waals surface area contributed by atoms with Gasteiger partial charge in [0.1, 0.15) is 6.54 Å². The molecule has 0 atom stereocenters. The maximum Gasteiger partial charge on any atom is 0.325 e. The third kappa shape index (κ3) is 6.47. The molecule has 0 unspecified atom stereocenters. The van der Waals surface area contributed by atoms with Gasteiger partial charge in [0, 0.05) is 10.9 Å². The van der Waals surface area contributed by atoms with Crippen LogP contribution in [0.3, 0.4) is 0 Å². The first-order valence-electron chi connectivity index (χ1n) is 7.95. The number of hydrogen-bond acceptors (Lipinski definition) is 5. The molecule has 1 aromatic carbocycles. The Bertz CT molecular complexity index is 661. The van der Waals surface area contributed by atoms with Crippen LogP contribution in [0.25, 0.3) is 0 Å². The molecule has 5 nitrogen and oxygen atoms in total. The van der Waals surface area contributed by atoms with Crippen molar-refractivity contribution in [2.45, 2.75) is 34.1 Å². The van der Waals surface area contributed by atoms with Gasteiger partial charge in [-0.3, -0.25) is 19.3 Å². The predicted octanol–water partition coefficient (Wildman–Crippen LogP) is 3.88. The van der Waals surface area contributed by atoms with Gasteiger partial charge in [-0.05, 0) is 37.0 Å². The first-order chi connectivity index (χ1) is 11.7.